The minimum atomic E-state index is 0.680. The molecular formula is C15H18N2S. The zero-order valence-electron chi connectivity index (χ0n) is 10.9. The summed E-state index contributed by atoms with van der Waals surface area (Å²) in [5, 5.41) is 0. The Labute approximate surface area is 113 Å². The summed E-state index contributed by atoms with van der Waals surface area (Å²) in [4.78, 5) is 7.76. The van der Waals surface area contributed by atoms with Crippen molar-refractivity contribution in [3.8, 4) is 0 Å². The highest BCUT2D eigenvalue weighted by Crippen LogP contribution is 2.09. The number of hydrogen-bond acceptors (Lipinski definition) is 2. The number of aromatic amines is 1. The van der Waals surface area contributed by atoms with Gasteiger partial charge in [-0.05, 0) is 25.0 Å². The van der Waals surface area contributed by atoms with E-state index < -0.39 is 0 Å². The van der Waals surface area contributed by atoms with Crippen LogP contribution < -0.4 is 0 Å². The third-order valence-corrected chi connectivity index (χ3v) is 3.07. The number of benzene rings is 1. The molecule has 3 heteroatoms. The molecule has 0 aliphatic rings. The molecule has 1 heterocycles. The lowest BCUT2D eigenvalue weighted by atomic mass is 10.1. The molecule has 0 unspecified atom stereocenters. The molecule has 2 rings (SSSR count). The molecule has 18 heavy (non-hydrogen) atoms. The Morgan fingerprint density at radius 2 is 1.94 bits per heavy atom. The largest absolute Gasteiger partial charge is 0.347 e. The van der Waals surface area contributed by atoms with Crippen molar-refractivity contribution < 1.29 is 0 Å². The SMILES string of the molecule is CCCc1cc(=S)nc(Cc2ccc(C)cc2)[nH]1. The van der Waals surface area contributed by atoms with Gasteiger partial charge < -0.3 is 4.98 Å². The van der Waals surface area contributed by atoms with Gasteiger partial charge in [0, 0.05) is 12.1 Å². The topological polar surface area (TPSA) is 28.7 Å². The Balaban J connectivity index is 2.23. The summed E-state index contributed by atoms with van der Waals surface area (Å²) < 4.78 is 0.680. The average Bonchev–Trinajstić information content (AvgIpc) is 2.32. The minimum absolute atomic E-state index is 0.680. The zero-order valence-corrected chi connectivity index (χ0v) is 11.7. The van der Waals surface area contributed by atoms with Crippen molar-refractivity contribution in [1.82, 2.24) is 9.97 Å². The van der Waals surface area contributed by atoms with Crippen LogP contribution in [0.2, 0.25) is 0 Å². The van der Waals surface area contributed by atoms with Crippen LogP contribution in [0.5, 0.6) is 0 Å². The first-order valence-corrected chi connectivity index (χ1v) is 6.73. The summed E-state index contributed by atoms with van der Waals surface area (Å²) >= 11 is 5.21. The molecule has 0 radical (unpaired) electrons. The van der Waals surface area contributed by atoms with E-state index in [4.69, 9.17) is 12.2 Å². The molecule has 0 aliphatic carbocycles. The molecule has 0 fully saturated rings. The van der Waals surface area contributed by atoms with Gasteiger partial charge in [0.25, 0.3) is 0 Å². The Morgan fingerprint density at radius 3 is 2.61 bits per heavy atom. The van der Waals surface area contributed by atoms with E-state index in [1.54, 1.807) is 0 Å². The van der Waals surface area contributed by atoms with Crippen molar-refractivity contribution in [3.05, 3.63) is 57.6 Å². The molecule has 0 amide bonds. The maximum atomic E-state index is 5.21. The van der Waals surface area contributed by atoms with Gasteiger partial charge in [-0.25, -0.2) is 4.98 Å². The minimum Gasteiger partial charge on any atom is -0.347 e. The fourth-order valence-electron chi connectivity index (χ4n) is 1.95. The van der Waals surface area contributed by atoms with Gasteiger partial charge in [0.15, 0.2) is 0 Å². The van der Waals surface area contributed by atoms with Gasteiger partial charge in [-0.3, -0.25) is 0 Å². The summed E-state index contributed by atoms with van der Waals surface area (Å²) in [6.07, 6.45) is 2.94. The van der Waals surface area contributed by atoms with Gasteiger partial charge in [0.1, 0.15) is 10.5 Å². The molecule has 2 aromatic rings. The molecule has 2 nitrogen and oxygen atoms in total. The van der Waals surface area contributed by atoms with Crippen LogP contribution in [0.4, 0.5) is 0 Å². The lowest BCUT2D eigenvalue weighted by molar-refractivity contribution is 0.838. The maximum absolute atomic E-state index is 5.21. The molecule has 94 valence electrons. The number of H-pyrrole nitrogens is 1. The van der Waals surface area contributed by atoms with Crippen molar-refractivity contribution in [2.45, 2.75) is 33.1 Å². The Bertz CT molecular complexity index is 570. The Kier molecular flexibility index (Phi) is 4.26. The highest BCUT2D eigenvalue weighted by atomic mass is 32.1. The number of hydrogen-bond donors (Lipinski definition) is 1. The van der Waals surface area contributed by atoms with Crippen LogP contribution in [0.3, 0.4) is 0 Å². The molecule has 0 atom stereocenters. The van der Waals surface area contributed by atoms with Crippen LogP contribution in [0.1, 0.15) is 36.0 Å². The maximum Gasteiger partial charge on any atom is 0.130 e. The first-order valence-electron chi connectivity index (χ1n) is 6.32. The summed E-state index contributed by atoms with van der Waals surface area (Å²) in [6, 6.07) is 10.5. The smallest absolute Gasteiger partial charge is 0.130 e. The van der Waals surface area contributed by atoms with Crippen molar-refractivity contribution >= 4 is 12.2 Å². The molecule has 1 N–H and O–H groups in total. The molecule has 0 bridgehead atoms. The van der Waals surface area contributed by atoms with Crippen LogP contribution in [-0.4, -0.2) is 9.97 Å². The molecular weight excluding hydrogens is 240 g/mol. The Hall–Kier alpha value is -1.48. The van der Waals surface area contributed by atoms with Crippen LogP contribution in [0.15, 0.2) is 30.3 Å². The van der Waals surface area contributed by atoms with E-state index in [0.29, 0.717) is 4.64 Å². The predicted molar refractivity (Wildman–Crippen MR) is 77.4 cm³/mol. The summed E-state index contributed by atoms with van der Waals surface area (Å²) in [5.41, 5.74) is 3.71. The summed E-state index contributed by atoms with van der Waals surface area (Å²) in [5.74, 6) is 0.954. The van der Waals surface area contributed by atoms with Crippen molar-refractivity contribution in [3.63, 3.8) is 0 Å². The molecule has 1 aromatic heterocycles. The predicted octanol–water partition coefficient (Wildman–Crippen LogP) is 3.99. The fraction of sp³-hybridized carbons (Fsp3) is 0.333. The van der Waals surface area contributed by atoms with E-state index >= 15 is 0 Å². The van der Waals surface area contributed by atoms with Gasteiger partial charge >= 0.3 is 0 Å². The van der Waals surface area contributed by atoms with E-state index in [-0.39, 0.29) is 0 Å². The number of aromatic nitrogens is 2. The van der Waals surface area contributed by atoms with Gasteiger partial charge in [0.05, 0.1) is 0 Å². The second-order valence-corrected chi connectivity index (χ2v) is 5.02. The van der Waals surface area contributed by atoms with Crippen LogP contribution in [-0.2, 0) is 12.8 Å². The van der Waals surface area contributed by atoms with Crippen LogP contribution in [0.25, 0.3) is 0 Å². The molecule has 0 saturated carbocycles. The second-order valence-electron chi connectivity index (χ2n) is 4.60. The standard InChI is InChI=1S/C15H18N2S/c1-3-4-13-10-15(18)17-14(16-13)9-12-7-5-11(2)6-8-12/h5-8,10H,3-4,9H2,1-2H3,(H,16,17,18). The van der Waals surface area contributed by atoms with Crippen molar-refractivity contribution in [2.75, 3.05) is 0 Å². The number of nitrogens with zero attached hydrogens (tertiary/aromatic N) is 1. The van der Waals surface area contributed by atoms with E-state index in [9.17, 15) is 0 Å². The lowest BCUT2D eigenvalue weighted by Crippen LogP contribution is -2.01. The average molecular weight is 258 g/mol. The number of rotatable bonds is 4. The summed E-state index contributed by atoms with van der Waals surface area (Å²) in [7, 11) is 0. The molecule has 0 saturated heterocycles. The van der Waals surface area contributed by atoms with Gasteiger partial charge in [0.2, 0.25) is 0 Å². The van der Waals surface area contributed by atoms with Gasteiger partial charge in [-0.15, -0.1) is 0 Å². The second kappa shape index (κ2) is 5.91. The fourth-order valence-corrected chi connectivity index (χ4v) is 2.20. The van der Waals surface area contributed by atoms with Gasteiger partial charge in [-0.2, -0.15) is 0 Å². The molecule has 0 spiro atoms. The van der Waals surface area contributed by atoms with Crippen LogP contribution >= 0.6 is 12.2 Å². The molecule has 0 aliphatic heterocycles. The van der Waals surface area contributed by atoms with Gasteiger partial charge in [-0.1, -0.05) is 55.4 Å². The van der Waals surface area contributed by atoms with E-state index in [1.807, 2.05) is 6.07 Å². The number of aryl methyl sites for hydroxylation is 2. The third-order valence-electron chi connectivity index (χ3n) is 2.86. The van der Waals surface area contributed by atoms with Crippen LogP contribution in [0, 0.1) is 11.6 Å². The quantitative estimate of drug-likeness (QED) is 0.840. The zero-order chi connectivity index (χ0) is 13.0. The Morgan fingerprint density at radius 1 is 1.22 bits per heavy atom. The number of nitrogens with one attached hydrogen (secondary N) is 1. The van der Waals surface area contributed by atoms with Crippen molar-refractivity contribution in [2.24, 2.45) is 0 Å². The monoisotopic (exact) mass is 258 g/mol. The first-order chi connectivity index (χ1) is 8.67. The van der Waals surface area contributed by atoms with E-state index in [2.05, 4.69) is 48.1 Å². The first kappa shape index (κ1) is 13.0. The highest BCUT2D eigenvalue weighted by molar-refractivity contribution is 7.71. The summed E-state index contributed by atoms with van der Waals surface area (Å²) in [6.45, 7) is 4.26. The normalized spacial score (nSPS) is 10.6. The third kappa shape index (κ3) is 3.50. The van der Waals surface area contributed by atoms with E-state index in [0.717, 1.165) is 25.1 Å². The highest BCUT2D eigenvalue weighted by Gasteiger charge is 2.01. The van der Waals surface area contributed by atoms with E-state index in [1.165, 1.54) is 16.8 Å². The van der Waals surface area contributed by atoms with Crippen molar-refractivity contribution in [1.29, 1.82) is 0 Å². The molecule has 1 aromatic carbocycles. The lowest BCUT2D eigenvalue weighted by Gasteiger charge is -2.05.